The van der Waals surface area contributed by atoms with Crippen LogP contribution in [0.1, 0.15) is 20.3 Å². The molecule has 5 nitrogen and oxygen atoms in total. The number of rotatable bonds is 4. The molecule has 1 amide bonds. The first-order chi connectivity index (χ1) is 10.3. The van der Waals surface area contributed by atoms with Crippen molar-refractivity contribution in [2.24, 2.45) is 5.73 Å². The molecule has 0 unspecified atom stereocenters. The third-order valence-electron chi connectivity index (χ3n) is 3.74. The summed E-state index contributed by atoms with van der Waals surface area (Å²) in [6.45, 7) is 6.32. The monoisotopic (exact) mass is 309 g/mol. The first kappa shape index (κ1) is 16.5. The lowest BCUT2D eigenvalue weighted by molar-refractivity contribution is -0.132. The zero-order chi connectivity index (χ0) is 16.3. The first-order valence-corrected chi connectivity index (χ1v) is 7.45. The van der Waals surface area contributed by atoms with Crippen LogP contribution < -0.4 is 15.4 Å². The second kappa shape index (κ2) is 6.52. The van der Waals surface area contributed by atoms with Crippen molar-refractivity contribution in [3.05, 3.63) is 24.0 Å². The Labute approximate surface area is 130 Å². The van der Waals surface area contributed by atoms with Crippen molar-refractivity contribution in [1.29, 1.82) is 0 Å². The fourth-order valence-electron chi connectivity index (χ4n) is 2.57. The predicted octanol–water partition coefficient (Wildman–Crippen LogP) is 1.61. The number of carbonyl (C=O) groups is 1. The average molecular weight is 309 g/mol. The van der Waals surface area contributed by atoms with E-state index in [1.165, 1.54) is 13.2 Å². The minimum atomic E-state index is -0.493. The van der Waals surface area contributed by atoms with Crippen LogP contribution in [0.3, 0.4) is 0 Å². The highest BCUT2D eigenvalue weighted by Crippen LogP contribution is 2.24. The van der Waals surface area contributed by atoms with E-state index in [-0.39, 0.29) is 17.5 Å². The Balaban J connectivity index is 1.94. The van der Waals surface area contributed by atoms with Crippen LogP contribution >= 0.6 is 0 Å². The molecule has 0 bridgehead atoms. The number of nitrogens with zero attached hydrogens (tertiary/aromatic N) is 2. The molecular formula is C16H24FN3O2. The zero-order valence-corrected chi connectivity index (χ0v) is 13.4. The maximum Gasteiger partial charge on any atom is 0.224 e. The van der Waals surface area contributed by atoms with Crippen LogP contribution in [0.15, 0.2) is 18.2 Å². The molecule has 0 atom stereocenters. The van der Waals surface area contributed by atoms with E-state index in [1.54, 1.807) is 6.07 Å². The number of piperazine rings is 1. The average Bonchev–Trinajstić information content (AvgIpc) is 2.45. The van der Waals surface area contributed by atoms with Gasteiger partial charge in [0.25, 0.3) is 0 Å². The summed E-state index contributed by atoms with van der Waals surface area (Å²) in [6, 6.07) is 4.93. The number of amides is 1. The van der Waals surface area contributed by atoms with Crippen molar-refractivity contribution in [2.45, 2.75) is 25.8 Å². The van der Waals surface area contributed by atoms with Crippen molar-refractivity contribution < 1.29 is 13.9 Å². The first-order valence-electron chi connectivity index (χ1n) is 7.45. The molecule has 2 rings (SSSR count). The molecule has 1 aromatic rings. The van der Waals surface area contributed by atoms with Crippen LogP contribution in [0.25, 0.3) is 0 Å². The molecular weight excluding hydrogens is 285 g/mol. The fraction of sp³-hybridized carbons (Fsp3) is 0.562. The quantitative estimate of drug-likeness (QED) is 0.918. The number of anilines is 1. The van der Waals surface area contributed by atoms with E-state index in [0.29, 0.717) is 32.6 Å². The highest BCUT2D eigenvalue weighted by atomic mass is 19.1. The Morgan fingerprint density at radius 2 is 1.95 bits per heavy atom. The van der Waals surface area contributed by atoms with Crippen LogP contribution in [0.2, 0.25) is 0 Å². The van der Waals surface area contributed by atoms with Gasteiger partial charge in [-0.1, -0.05) is 0 Å². The van der Waals surface area contributed by atoms with Gasteiger partial charge >= 0.3 is 0 Å². The number of hydrogen-bond acceptors (Lipinski definition) is 4. The van der Waals surface area contributed by atoms with Crippen LogP contribution in [0, 0.1) is 5.82 Å². The lowest BCUT2D eigenvalue weighted by atomic mass is 10.0. The number of ether oxygens (including phenoxy) is 1. The molecule has 1 fully saturated rings. The number of nitrogens with two attached hydrogens (primary N) is 1. The van der Waals surface area contributed by atoms with Gasteiger partial charge < -0.3 is 20.3 Å². The summed E-state index contributed by atoms with van der Waals surface area (Å²) in [4.78, 5) is 16.0. The number of hydrogen-bond donors (Lipinski definition) is 1. The van der Waals surface area contributed by atoms with Crippen molar-refractivity contribution in [1.82, 2.24) is 4.90 Å². The summed E-state index contributed by atoms with van der Waals surface area (Å²) in [5.74, 6) is -0.0563. The number of benzene rings is 1. The molecule has 1 aliphatic rings. The maximum absolute atomic E-state index is 13.8. The highest BCUT2D eigenvalue weighted by Gasteiger charge is 2.25. The summed E-state index contributed by atoms with van der Waals surface area (Å²) in [6.07, 6.45) is 0.337. The molecule has 0 aliphatic carbocycles. The Morgan fingerprint density at radius 3 is 2.45 bits per heavy atom. The molecule has 0 spiro atoms. The minimum absolute atomic E-state index is 0.0769. The van der Waals surface area contributed by atoms with E-state index >= 15 is 0 Å². The number of halogens is 1. The van der Waals surface area contributed by atoms with E-state index in [4.69, 9.17) is 10.5 Å². The van der Waals surface area contributed by atoms with Gasteiger partial charge in [-0.25, -0.2) is 4.39 Å². The molecule has 1 aromatic carbocycles. The van der Waals surface area contributed by atoms with Gasteiger partial charge in [0.2, 0.25) is 5.91 Å². The lowest BCUT2D eigenvalue weighted by Crippen LogP contribution is -2.51. The molecule has 0 radical (unpaired) electrons. The third-order valence-corrected chi connectivity index (χ3v) is 3.74. The molecule has 122 valence electrons. The van der Waals surface area contributed by atoms with Crippen LogP contribution in [0.4, 0.5) is 10.1 Å². The molecule has 6 heteroatoms. The molecule has 1 saturated heterocycles. The third kappa shape index (κ3) is 4.10. The molecule has 22 heavy (non-hydrogen) atoms. The molecule has 0 saturated carbocycles. The molecule has 1 heterocycles. The zero-order valence-electron chi connectivity index (χ0n) is 13.4. The standard InChI is InChI=1S/C16H24FN3O2/c1-16(2,18)11-15(21)20-8-6-19(7-9-20)12-4-5-14(22-3)13(17)10-12/h4-5,10H,6-9,11,18H2,1-3H3. The highest BCUT2D eigenvalue weighted by molar-refractivity contribution is 5.77. The summed E-state index contributed by atoms with van der Waals surface area (Å²) in [5.41, 5.74) is 6.21. The van der Waals surface area contributed by atoms with E-state index in [0.717, 1.165) is 5.69 Å². The lowest BCUT2D eigenvalue weighted by Gasteiger charge is -2.37. The second-order valence-electron chi connectivity index (χ2n) is 6.35. The van der Waals surface area contributed by atoms with Crippen molar-refractivity contribution >= 4 is 11.6 Å². The molecule has 1 aliphatic heterocycles. The second-order valence-corrected chi connectivity index (χ2v) is 6.35. The topological polar surface area (TPSA) is 58.8 Å². The van der Waals surface area contributed by atoms with E-state index < -0.39 is 5.54 Å². The van der Waals surface area contributed by atoms with Gasteiger partial charge in [0.1, 0.15) is 0 Å². The van der Waals surface area contributed by atoms with Crippen molar-refractivity contribution in [3.8, 4) is 5.75 Å². The minimum Gasteiger partial charge on any atom is -0.494 e. The summed E-state index contributed by atoms with van der Waals surface area (Å²) < 4.78 is 18.7. The van der Waals surface area contributed by atoms with Crippen LogP contribution in [-0.2, 0) is 4.79 Å². The summed E-state index contributed by atoms with van der Waals surface area (Å²) in [7, 11) is 1.45. The number of methoxy groups -OCH3 is 1. The Morgan fingerprint density at radius 1 is 1.32 bits per heavy atom. The van der Waals surface area contributed by atoms with E-state index in [1.807, 2.05) is 24.8 Å². The Hall–Kier alpha value is -1.82. The normalized spacial score (nSPS) is 15.9. The number of carbonyl (C=O) groups excluding carboxylic acids is 1. The molecule has 0 aromatic heterocycles. The van der Waals surface area contributed by atoms with Gasteiger partial charge in [-0.15, -0.1) is 0 Å². The van der Waals surface area contributed by atoms with Gasteiger partial charge in [-0.3, -0.25) is 4.79 Å². The van der Waals surface area contributed by atoms with Crippen molar-refractivity contribution in [2.75, 3.05) is 38.2 Å². The van der Waals surface area contributed by atoms with Gasteiger partial charge in [-0.05, 0) is 26.0 Å². The predicted molar refractivity (Wildman–Crippen MR) is 84.6 cm³/mol. The smallest absolute Gasteiger partial charge is 0.224 e. The van der Waals surface area contributed by atoms with Crippen LogP contribution in [-0.4, -0.2) is 49.6 Å². The van der Waals surface area contributed by atoms with E-state index in [2.05, 4.69) is 4.90 Å². The van der Waals surface area contributed by atoms with Gasteiger partial charge in [-0.2, -0.15) is 0 Å². The van der Waals surface area contributed by atoms with Gasteiger partial charge in [0.15, 0.2) is 11.6 Å². The maximum atomic E-state index is 13.8. The SMILES string of the molecule is COc1ccc(N2CCN(C(=O)CC(C)(C)N)CC2)cc1F. The summed E-state index contributed by atoms with van der Waals surface area (Å²) >= 11 is 0. The Kier molecular flexibility index (Phi) is 4.90. The Bertz CT molecular complexity index is 535. The summed E-state index contributed by atoms with van der Waals surface area (Å²) in [5, 5.41) is 0. The largest absolute Gasteiger partial charge is 0.494 e. The fourth-order valence-corrected chi connectivity index (χ4v) is 2.57. The van der Waals surface area contributed by atoms with Gasteiger partial charge in [0.05, 0.1) is 7.11 Å². The van der Waals surface area contributed by atoms with Crippen LogP contribution in [0.5, 0.6) is 5.75 Å². The van der Waals surface area contributed by atoms with Gasteiger partial charge in [0, 0.05) is 49.9 Å². The molecule has 2 N–H and O–H groups in total. The van der Waals surface area contributed by atoms with Crippen molar-refractivity contribution in [3.63, 3.8) is 0 Å². The van der Waals surface area contributed by atoms with E-state index in [9.17, 15) is 9.18 Å².